The van der Waals surface area contributed by atoms with Gasteiger partial charge in [-0.3, -0.25) is 9.89 Å². The summed E-state index contributed by atoms with van der Waals surface area (Å²) in [5, 5.41) is 10.6. The molecule has 1 aromatic carbocycles. The lowest BCUT2D eigenvalue weighted by atomic mass is 10.0. The molecule has 2 N–H and O–H groups in total. The average molecular weight is 436 g/mol. The zero-order chi connectivity index (χ0) is 22.3. The number of carbonyl (C=O) groups excluding carboxylic acids is 1. The van der Waals surface area contributed by atoms with E-state index in [-0.39, 0.29) is 17.9 Å². The number of nitrogens with zero attached hydrogens (tertiary/aromatic N) is 3. The van der Waals surface area contributed by atoms with E-state index in [9.17, 15) is 4.79 Å². The number of anilines is 1. The van der Waals surface area contributed by atoms with Crippen molar-refractivity contribution in [1.82, 2.24) is 20.4 Å². The van der Waals surface area contributed by atoms with Crippen LogP contribution in [0.5, 0.6) is 0 Å². The van der Waals surface area contributed by atoms with Gasteiger partial charge in [-0.1, -0.05) is 30.3 Å². The van der Waals surface area contributed by atoms with E-state index >= 15 is 0 Å². The number of nitrogens with one attached hydrogen (secondary N) is 2. The summed E-state index contributed by atoms with van der Waals surface area (Å²) < 4.78 is 5.85. The Morgan fingerprint density at radius 3 is 2.56 bits per heavy atom. The number of carbonyl (C=O) groups is 1. The monoisotopic (exact) mass is 435 g/mol. The highest BCUT2D eigenvalue weighted by Gasteiger charge is 2.31. The number of ether oxygens (including phenoxy) is 1. The van der Waals surface area contributed by atoms with Crippen molar-refractivity contribution in [3.05, 3.63) is 60.4 Å². The Balaban J connectivity index is 1.46. The molecule has 4 rings (SSSR count). The topological polar surface area (TPSA) is 73.5 Å². The second kappa shape index (κ2) is 10.6. The Morgan fingerprint density at radius 1 is 1.06 bits per heavy atom. The number of hydrogen-bond donors (Lipinski definition) is 2. The summed E-state index contributed by atoms with van der Waals surface area (Å²) in [6, 6.07) is 14.7. The summed E-state index contributed by atoms with van der Waals surface area (Å²) in [6.07, 6.45) is 5.84. The lowest BCUT2D eigenvalue weighted by Gasteiger charge is -2.24. The molecule has 2 aliphatic rings. The van der Waals surface area contributed by atoms with E-state index in [1.165, 1.54) is 5.56 Å². The number of aromatic amines is 1. The molecule has 0 spiro atoms. The van der Waals surface area contributed by atoms with E-state index in [1.807, 2.05) is 31.3 Å². The van der Waals surface area contributed by atoms with Crippen molar-refractivity contribution >= 4 is 11.6 Å². The number of morpholine rings is 1. The molecule has 2 aromatic rings. The minimum absolute atomic E-state index is 0.110. The normalized spacial score (nSPS) is 18.0. The van der Waals surface area contributed by atoms with Crippen LogP contribution >= 0.6 is 0 Å². The first-order chi connectivity index (χ1) is 15.6. The summed E-state index contributed by atoms with van der Waals surface area (Å²) in [7, 11) is 3.94. The van der Waals surface area contributed by atoms with Gasteiger partial charge in [0.15, 0.2) is 0 Å². The number of rotatable bonds is 7. The second-order valence-corrected chi connectivity index (χ2v) is 8.57. The lowest BCUT2D eigenvalue weighted by Crippen LogP contribution is -2.35. The third-order valence-electron chi connectivity index (χ3n) is 6.11. The minimum Gasteiger partial charge on any atom is -0.373 e. The van der Waals surface area contributed by atoms with Gasteiger partial charge in [0.25, 0.3) is 0 Å². The average Bonchev–Trinajstić information content (AvgIpc) is 3.66. The maximum atomic E-state index is 12.2. The van der Waals surface area contributed by atoms with Gasteiger partial charge in [0.05, 0.1) is 12.7 Å². The van der Waals surface area contributed by atoms with Crippen molar-refractivity contribution in [2.24, 2.45) is 5.92 Å². The molecule has 170 valence electrons. The molecule has 7 nitrogen and oxygen atoms in total. The molecule has 1 aliphatic heterocycles. The Labute approximate surface area is 190 Å². The van der Waals surface area contributed by atoms with E-state index in [1.54, 1.807) is 6.20 Å². The highest BCUT2D eigenvalue weighted by Crippen LogP contribution is 2.30. The van der Waals surface area contributed by atoms with Crippen LogP contribution < -0.4 is 10.2 Å². The molecule has 1 saturated heterocycles. The van der Waals surface area contributed by atoms with Crippen LogP contribution in [0.4, 0.5) is 5.69 Å². The first-order valence-corrected chi connectivity index (χ1v) is 11.4. The predicted octanol–water partition coefficient (Wildman–Crippen LogP) is 3.17. The zero-order valence-corrected chi connectivity index (χ0v) is 19.0. The SMILES string of the molecule is CN(CCN(C)c1ccn[nH]cc(-c2ccc([C@H]3CNCCO3)cc2)cc1)C(=O)C1CC1. The molecular formula is C25H33N5O2. The van der Waals surface area contributed by atoms with Gasteiger partial charge >= 0.3 is 0 Å². The molecule has 1 aromatic heterocycles. The molecule has 0 unspecified atom stereocenters. The lowest BCUT2D eigenvalue weighted by molar-refractivity contribution is -0.131. The standard InChI is InChI=1S/C25H33N5O2/c1-29(14-15-30(2)25(31)21-7-8-21)23-10-9-22(17-28-27-12-11-23)19-3-5-20(6-4-19)24-18-26-13-16-32-24/h3-6,9-12,17,21,24,26,28H,7-8,13-16,18H2,1-2H3/t24-/m1/s1. The summed E-state index contributed by atoms with van der Waals surface area (Å²) in [4.78, 5) is 16.2. The van der Waals surface area contributed by atoms with E-state index in [0.717, 1.165) is 55.9 Å². The van der Waals surface area contributed by atoms with Crippen molar-refractivity contribution in [1.29, 1.82) is 0 Å². The maximum Gasteiger partial charge on any atom is 0.225 e. The molecular weight excluding hydrogens is 402 g/mol. The molecule has 2 heterocycles. The molecule has 1 saturated carbocycles. The van der Waals surface area contributed by atoms with E-state index < -0.39 is 0 Å². The van der Waals surface area contributed by atoms with E-state index in [0.29, 0.717) is 6.54 Å². The van der Waals surface area contributed by atoms with Crippen molar-refractivity contribution in [2.45, 2.75) is 18.9 Å². The maximum absolute atomic E-state index is 12.2. The number of amides is 1. The first kappa shape index (κ1) is 22.3. The fourth-order valence-corrected chi connectivity index (χ4v) is 3.83. The van der Waals surface area contributed by atoms with Crippen LogP contribution in [0.1, 0.15) is 24.5 Å². The minimum atomic E-state index is 0.110. The predicted molar refractivity (Wildman–Crippen MR) is 127 cm³/mol. The van der Waals surface area contributed by atoms with Gasteiger partial charge in [-0.25, -0.2) is 0 Å². The van der Waals surface area contributed by atoms with Gasteiger partial charge in [0.2, 0.25) is 5.91 Å². The number of aromatic nitrogens is 2. The van der Waals surface area contributed by atoms with Gasteiger partial charge in [0, 0.05) is 64.3 Å². The Hall–Kier alpha value is -2.90. The van der Waals surface area contributed by atoms with Gasteiger partial charge in [-0.2, -0.15) is 5.10 Å². The van der Waals surface area contributed by atoms with Gasteiger partial charge in [-0.15, -0.1) is 0 Å². The third-order valence-corrected chi connectivity index (χ3v) is 6.11. The van der Waals surface area contributed by atoms with Crippen LogP contribution in [0.25, 0.3) is 11.1 Å². The smallest absolute Gasteiger partial charge is 0.225 e. The summed E-state index contributed by atoms with van der Waals surface area (Å²) in [5.74, 6) is 0.527. The molecule has 7 heteroatoms. The van der Waals surface area contributed by atoms with Crippen LogP contribution in [-0.4, -0.2) is 67.9 Å². The molecule has 1 atom stereocenters. The fourth-order valence-electron chi connectivity index (χ4n) is 3.83. The van der Waals surface area contributed by atoms with Crippen LogP contribution in [0.3, 0.4) is 0 Å². The zero-order valence-electron chi connectivity index (χ0n) is 19.0. The van der Waals surface area contributed by atoms with Crippen molar-refractivity contribution in [3.8, 4) is 11.1 Å². The highest BCUT2D eigenvalue weighted by atomic mass is 16.5. The highest BCUT2D eigenvalue weighted by molar-refractivity contribution is 5.80. The van der Waals surface area contributed by atoms with Crippen LogP contribution in [0.15, 0.2) is 54.9 Å². The Bertz CT molecular complexity index is 947. The van der Waals surface area contributed by atoms with Gasteiger partial charge in [-0.05, 0) is 41.7 Å². The molecule has 1 aliphatic carbocycles. The number of H-pyrrole nitrogens is 1. The van der Waals surface area contributed by atoms with E-state index in [4.69, 9.17) is 4.74 Å². The molecule has 32 heavy (non-hydrogen) atoms. The molecule has 2 fully saturated rings. The Kier molecular flexibility index (Phi) is 7.39. The van der Waals surface area contributed by atoms with E-state index in [2.05, 4.69) is 56.8 Å². The number of hydrogen-bond acceptors (Lipinski definition) is 5. The van der Waals surface area contributed by atoms with Crippen LogP contribution in [0.2, 0.25) is 0 Å². The van der Waals surface area contributed by atoms with Gasteiger partial charge < -0.3 is 19.9 Å². The van der Waals surface area contributed by atoms with Crippen molar-refractivity contribution in [2.75, 3.05) is 51.8 Å². The third kappa shape index (κ3) is 5.87. The number of benzene rings is 1. The van der Waals surface area contributed by atoms with Crippen molar-refractivity contribution in [3.63, 3.8) is 0 Å². The Morgan fingerprint density at radius 2 is 1.84 bits per heavy atom. The first-order valence-electron chi connectivity index (χ1n) is 11.4. The van der Waals surface area contributed by atoms with Gasteiger partial charge in [0.1, 0.15) is 0 Å². The second-order valence-electron chi connectivity index (χ2n) is 8.57. The summed E-state index contributed by atoms with van der Waals surface area (Å²) in [5.41, 5.74) is 4.37. The largest absolute Gasteiger partial charge is 0.373 e. The van der Waals surface area contributed by atoms with Crippen LogP contribution in [0, 0.1) is 5.92 Å². The van der Waals surface area contributed by atoms with Crippen molar-refractivity contribution < 1.29 is 9.53 Å². The van der Waals surface area contributed by atoms with Crippen LogP contribution in [-0.2, 0) is 9.53 Å². The number of likely N-dealkylation sites (N-methyl/N-ethyl adjacent to an activating group) is 2. The molecule has 1 amide bonds. The molecule has 0 bridgehead atoms. The quantitative estimate of drug-likeness (QED) is 0.699. The summed E-state index contributed by atoms with van der Waals surface area (Å²) in [6.45, 7) is 3.97. The summed E-state index contributed by atoms with van der Waals surface area (Å²) >= 11 is 0. The fraction of sp³-hybridized carbons (Fsp3) is 0.440. The molecule has 0 radical (unpaired) electrons.